The van der Waals surface area contributed by atoms with E-state index in [1.54, 1.807) is 6.20 Å². The van der Waals surface area contributed by atoms with Gasteiger partial charge in [-0.1, -0.05) is 13.8 Å². The SMILES string of the molecule is CC(C)C(C)(O)CNc1ncncc1I. The fourth-order valence-corrected chi connectivity index (χ4v) is 1.40. The van der Waals surface area contributed by atoms with Gasteiger partial charge in [0.15, 0.2) is 0 Å². The van der Waals surface area contributed by atoms with E-state index in [-0.39, 0.29) is 5.92 Å². The van der Waals surface area contributed by atoms with Crippen LogP contribution in [0.3, 0.4) is 0 Å². The topological polar surface area (TPSA) is 58.0 Å². The molecule has 0 aliphatic rings. The second kappa shape index (κ2) is 5.07. The van der Waals surface area contributed by atoms with Gasteiger partial charge in [0, 0.05) is 12.7 Å². The van der Waals surface area contributed by atoms with E-state index in [9.17, 15) is 5.11 Å². The third kappa shape index (κ3) is 3.57. The lowest BCUT2D eigenvalue weighted by Gasteiger charge is -2.28. The van der Waals surface area contributed by atoms with Crippen molar-refractivity contribution in [3.63, 3.8) is 0 Å². The number of hydrogen-bond donors (Lipinski definition) is 2. The molecule has 15 heavy (non-hydrogen) atoms. The van der Waals surface area contributed by atoms with Crippen molar-refractivity contribution in [1.82, 2.24) is 9.97 Å². The van der Waals surface area contributed by atoms with Crippen LogP contribution in [0.1, 0.15) is 20.8 Å². The predicted molar refractivity (Wildman–Crippen MR) is 68.7 cm³/mol. The van der Waals surface area contributed by atoms with Crippen molar-refractivity contribution in [2.24, 2.45) is 5.92 Å². The van der Waals surface area contributed by atoms with Crippen LogP contribution in [0.2, 0.25) is 0 Å². The number of aromatic nitrogens is 2. The third-order valence-corrected chi connectivity index (χ3v) is 3.31. The standard InChI is InChI=1S/C10H16IN3O/c1-7(2)10(3,15)5-13-9-8(11)4-12-6-14-9/h4,6-7,15H,5H2,1-3H3,(H,12,13,14). The zero-order valence-electron chi connectivity index (χ0n) is 9.16. The molecule has 0 radical (unpaired) electrons. The first-order valence-electron chi connectivity index (χ1n) is 4.85. The molecule has 0 spiro atoms. The summed E-state index contributed by atoms with van der Waals surface area (Å²) in [6, 6.07) is 0. The molecule has 84 valence electrons. The molecule has 4 nitrogen and oxygen atoms in total. The van der Waals surface area contributed by atoms with Crippen molar-refractivity contribution < 1.29 is 5.11 Å². The highest BCUT2D eigenvalue weighted by Gasteiger charge is 2.24. The van der Waals surface area contributed by atoms with Crippen molar-refractivity contribution in [1.29, 1.82) is 0 Å². The van der Waals surface area contributed by atoms with E-state index in [0.29, 0.717) is 6.54 Å². The number of nitrogens with zero attached hydrogens (tertiary/aromatic N) is 2. The van der Waals surface area contributed by atoms with Crippen LogP contribution in [-0.2, 0) is 0 Å². The van der Waals surface area contributed by atoms with Gasteiger partial charge in [-0.2, -0.15) is 0 Å². The average Bonchev–Trinajstić information content (AvgIpc) is 2.16. The highest BCUT2D eigenvalue weighted by molar-refractivity contribution is 14.1. The van der Waals surface area contributed by atoms with Gasteiger partial charge in [-0.3, -0.25) is 0 Å². The fourth-order valence-electron chi connectivity index (χ4n) is 0.910. The fraction of sp³-hybridized carbons (Fsp3) is 0.600. The lowest BCUT2D eigenvalue weighted by atomic mass is 9.93. The van der Waals surface area contributed by atoms with Gasteiger partial charge in [-0.15, -0.1) is 0 Å². The molecule has 1 heterocycles. The number of aliphatic hydroxyl groups is 1. The van der Waals surface area contributed by atoms with E-state index in [0.717, 1.165) is 9.39 Å². The normalized spacial score (nSPS) is 15.1. The molecular formula is C10H16IN3O. The van der Waals surface area contributed by atoms with E-state index < -0.39 is 5.60 Å². The van der Waals surface area contributed by atoms with Gasteiger partial charge in [-0.25, -0.2) is 9.97 Å². The molecule has 0 fully saturated rings. The quantitative estimate of drug-likeness (QED) is 0.832. The molecule has 1 aromatic rings. The minimum atomic E-state index is -0.728. The van der Waals surface area contributed by atoms with Crippen LogP contribution < -0.4 is 5.32 Å². The molecule has 0 amide bonds. The smallest absolute Gasteiger partial charge is 0.142 e. The first-order valence-corrected chi connectivity index (χ1v) is 5.93. The summed E-state index contributed by atoms with van der Waals surface area (Å²) < 4.78 is 0.953. The molecule has 1 atom stereocenters. The Labute approximate surface area is 104 Å². The molecule has 2 N–H and O–H groups in total. The maximum atomic E-state index is 10.0. The molecule has 5 heteroatoms. The second-order valence-electron chi connectivity index (χ2n) is 4.08. The molecule has 0 aliphatic carbocycles. The van der Waals surface area contributed by atoms with Crippen molar-refractivity contribution in [2.45, 2.75) is 26.4 Å². The van der Waals surface area contributed by atoms with E-state index >= 15 is 0 Å². The third-order valence-electron chi connectivity index (χ3n) is 2.53. The average molecular weight is 321 g/mol. The molecule has 0 saturated carbocycles. The molecule has 1 unspecified atom stereocenters. The Hall–Kier alpha value is -0.430. The van der Waals surface area contributed by atoms with Crippen molar-refractivity contribution in [3.8, 4) is 0 Å². The lowest BCUT2D eigenvalue weighted by molar-refractivity contribution is 0.0265. The Morgan fingerprint density at radius 2 is 2.27 bits per heavy atom. The van der Waals surface area contributed by atoms with Crippen LogP contribution in [0.25, 0.3) is 0 Å². The van der Waals surface area contributed by atoms with E-state index in [1.807, 2.05) is 20.8 Å². The Bertz CT molecular complexity index is 328. The summed E-state index contributed by atoms with van der Waals surface area (Å²) in [7, 11) is 0. The van der Waals surface area contributed by atoms with Crippen LogP contribution in [0.15, 0.2) is 12.5 Å². The summed E-state index contributed by atoms with van der Waals surface area (Å²) in [4.78, 5) is 8.00. The summed E-state index contributed by atoms with van der Waals surface area (Å²) in [5.41, 5.74) is -0.728. The Kier molecular flexibility index (Phi) is 4.27. The zero-order chi connectivity index (χ0) is 11.5. The van der Waals surface area contributed by atoms with Crippen LogP contribution in [-0.4, -0.2) is 27.2 Å². The van der Waals surface area contributed by atoms with Crippen molar-refractivity contribution in [3.05, 3.63) is 16.1 Å². The molecule has 0 bridgehead atoms. The van der Waals surface area contributed by atoms with E-state index in [2.05, 4.69) is 37.9 Å². The maximum absolute atomic E-state index is 10.0. The number of rotatable bonds is 4. The number of hydrogen-bond acceptors (Lipinski definition) is 4. The van der Waals surface area contributed by atoms with E-state index in [1.165, 1.54) is 6.33 Å². The summed E-state index contributed by atoms with van der Waals surface area (Å²) in [6.45, 7) is 6.29. The summed E-state index contributed by atoms with van der Waals surface area (Å²) in [5.74, 6) is 0.969. The minimum Gasteiger partial charge on any atom is -0.388 e. The largest absolute Gasteiger partial charge is 0.388 e. The summed E-state index contributed by atoms with van der Waals surface area (Å²) in [5, 5.41) is 13.2. The predicted octanol–water partition coefficient (Wildman–Crippen LogP) is 1.90. The lowest BCUT2D eigenvalue weighted by Crippen LogP contribution is -2.39. The van der Waals surface area contributed by atoms with Crippen LogP contribution in [0.4, 0.5) is 5.82 Å². The van der Waals surface area contributed by atoms with Crippen LogP contribution >= 0.6 is 22.6 Å². The van der Waals surface area contributed by atoms with Crippen LogP contribution in [0, 0.1) is 9.49 Å². The van der Waals surface area contributed by atoms with Gasteiger partial charge in [0.1, 0.15) is 12.1 Å². The van der Waals surface area contributed by atoms with Gasteiger partial charge in [0.2, 0.25) is 0 Å². The number of halogens is 1. The monoisotopic (exact) mass is 321 g/mol. The van der Waals surface area contributed by atoms with Crippen molar-refractivity contribution >= 4 is 28.4 Å². The Balaban J connectivity index is 2.62. The molecule has 0 aromatic carbocycles. The molecule has 1 aromatic heterocycles. The first kappa shape index (κ1) is 12.6. The maximum Gasteiger partial charge on any atom is 0.142 e. The molecule has 0 aliphatic heterocycles. The number of nitrogens with one attached hydrogen (secondary N) is 1. The minimum absolute atomic E-state index is 0.199. The Morgan fingerprint density at radius 1 is 1.60 bits per heavy atom. The zero-order valence-corrected chi connectivity index (χ0v) is 11.3. The van der Waals surface area contributed by atoms with Crippen LogP contribution in [0.5, 0.6) is 0 Å². The summed E-state index contributed by atoms with van der Waals surface area (Å²) >= 11 is 2.16. The van der Waals surface area contributed by atoms with Gasteiger partial charge in [0.05, 0.1) is 9.17 Å². The van der Waals surface area contributed by atoms with Gasteiger partial charge in [-0.05, 0) is 35.4 Å². The highest BCUT2D eigenvalue weighted by Crippen LogP contribution is 2.18. The molecule has 1 rings (SSSR count). The van der Waals surface area contributed by atoms with Gasteiger partial charge >= 0.3 is 0 Å². The first-order chi connectivity index (χ1) is 6.93. The molecular weight excluding hydrogens is 305 g/mol. The van der Waals surface area contributed by atoms with Gasteiger partial charge in [0.25, 0.3) is 0 Å². The van der Waals surface area contributed by atoms with E-state index in [4.69, 9.17) is 0 Å². The second-order valence-corrected chi connectivity index (χ2v) is 5.25. The van der Waals surface area contributed by atoms with Gasteiger partial charge < -0.3 is 10.4 Å². The summed E-state index contributed by atoms with van der Waals surface area (Å²) in [6.07, 6.45) is 3.23. The number of anilines is 1. The highest BCUT2D eigenvalue weighted by atomic mass is 127. The Morgan fingerprint density at radius 3 is 2.80 bits per heavy atom. The molecule has 0 saturated heterocycles. The van der Waals surface area contributed by atoms with Crippen molar-refractivity contribution in [2.75, 3.05) is 11.9 Å².